The van der Waals surface area contributed by atoms with Crippen LogP contribution >= 0.6 is 0 Å². The van der Waals surface area contributed by atoms with Gasteiger partial charge in [0.1, 0.15) is 17.9 Å². The van der Waals surface area contributed by atoms with Crippen molar-refractivity contribution in [2.75, 3.05) is 31.6 Å². The number of hydrogen-bond donors (Lipinski definition) is 2. The number of nitrogens with zero attached hydrogens (tertiary/aromatic N) is 3. The summed E-state index contributed by atoms with van der Waals surface area (Å²) >= 11 is 0. The molecule has 0 unspecified atom stereocenters. The number of halogens is 3. The predicted octanol–water partition coefficient (Wildman–Crippen LogP) is 4.81. The van der Waals surface area contributed by atoms with Crippen molar-refractivity contribution in [1.82, 2.24) is 14.7 Å². The molecule has 0 atom stereocenters. The summed E-state index contributed by atoms with van der Waals surface area (Å²) < 4.78 is 48.9. The highest BCUT2D eigenvalue weighted by Gasteiger charge is 2.48. The minimum atomic E-state index is -4.57. The van der Waals surface area contributed by atoms with Crippen LogP contribution in [-0.4, -0.2) is 57.5 Å². The van der Waals surface area contributed by atoms with Crippen molar-refractivity contribution in [1.29, 1.82) is 0 Å². The van der Waals surface area contributed by atoms with Gasteiger partial charge in [-0.1, -0.05) is 17.7 Å². The van der Waals surface area contributed by atoms with E-state index in [1.807, 2.05) is 19.1 Å². The Balaban J connectivity index is 1.12. The van der Waals surface area contributed by atoms with Gasteiger partial charge in [-0.15, -0.1) is 0 Å². The number of carbonyl (C=O) groups is 1. The highest BCUT2D eigenvalue weighted by atomic mass is 19.4. The van der Waals surface area contributed by atoms with Gasteiger partial charge in [0.2, 0.25) is 5.91 Å². The Morgan fingerprint density at radius 2 is 1.92 bits per heavy atom. The number of alkyl halides is 3. The molecule has 10 heteroatoms. The lowest BCUT2D eigenvalue weighted by Gasteiger charge is -2.40. The zero-order chi connectivity index (χ0) is 26.9. The van der Waals surface area contributed by atoms with Gasteiger partial charge < -0.3 is 15.2 Å². The molecule has 2 N–H and O–H groups in total. The van der Waals surface area contributed by atoms with Crippen molar-refractivity contribution >= 4 is 22.5 Å². The van der Waals surface area contributed by atoms with Gasteiger partial charge in [0.25, 0.3) is 0 Å². The molecule has 0 radical (unpaired) electrons. The second kappa shape index (κ2) is 8.71. The average Bonchev–Trinajstić information content (AvgIpc) is 3.37. The van der Waals surface area contributed by atoms with Crippen LogP contribution in [0.15, 0.2) is 36.5 Å². The van der Waals surface area contributed by atoms with E-state index < -0.39 is 22.8 Å². The second-order valence-electron chi connectivity index (χ2n) is 11.3. The molecule has 2 aromatic carbocycles. The fourth-order valence-corrected chi connectivity index (χ4v) is 6.23. The molecule has 38 heavy (non-hydrogen) atoms. The zero-order valence-electron chi connectivity index (χ0n) is 21.4. The Labute approximate surface area is 218 Å². The SMILES string of the molecule is Cc1ccc2c(c1)C1(CCN(CCOc3cc(C(F)(F)F)c4nn(C5CC(C)(O)C5)cc4c3)CC1)C(=O)N2. The van der Waals surface area contributed by atoms with Crippen LogP contribution in [0.3, 0.4) is 0 Å². The molecule has 2 fully saturated rings. The molecule has 1 aromatic heterocycles. The Morgan fingerprint density at radius 3 is 2.61 bits per heavy atom. The first kappa shape index (κ1) is 25.2. The van der Waals surface area contributed by atoms with Crippen molar-refractivity contribution in [3.05, 3.63) is 53.2 Å². The van der Waals surface area contributed by atoms with Crippen LogP contribution in [0.1, 0.15) is 55.3 Å². The molecular formula is C28H31F3N4O3. The highest BCUT2D eigenvalue weighted by molar-refractivity contribution is 6.06. The molecule has 2 aliphatic heterocycles. The number of fused-ring (bicyclic) bond motifs is 3. The zero-order valence-corrected chi connectivity index (χ0v) is 21.4. The number of benzene rings is 2. The van der Waals surface area contributed by atoms with Gasteiger partial charge in [-0.05, 0) is 76.4 Å². The maximum Gasteiger partial charge on any atom is 0.418 e. The molecule has 1 spiro atoms. The number of carbonyl (C=O) groups excluding carboxylic acids is 1. The Bertz CT molecular complexity index is 1400. The third-order valence-corrected chi connectivity index (χ3v) is 8.39. The first-order chi connectivity index (χ1) is 17.9. The minimum Gasteiger partial charge on any atom is -0.492 e. The van der Waals surface area contributed by atoms with Crippen LogP contribution in [0.2, 0.25) is 0 Å². The molecule has 0 bridgehead atoms. The lowest BCUT2D eigenvalue weighted by molar-refractivity contribution is -0.136. The van der Waals surface area contributed by atoms with Gasteiger partial charge in [0.15, 0.2) is 0 Å². The van der Waals surface area contributed by atoms with Crippen LogP contribution in [0.5, 0.6) is 5.75 Å². The highest BCUT2D eigenvalue weighted by Crippen LogP contribution is 2.45. The number of amides is 1. The maximum absolute atomic E-state index is 13.9. The van der Waals surface area contributed by atoms with E-state index in [4.69, 9.17) is 4.74 Å². The Kier molecular flexibility index (Phi) is 5.77. The molecule has 202 valence electrons. The number of ether oxygens (including phenoxy) is 1. The summed E-state index contributed by atoms with van der Waals surface area (Å²) in [6.45, 7) is 5.92. The maximum atomic E-state index is 13.9. The fraction of sp³-hybridized carbons (Fsp3) is 0.500. The van der Waals surface area contributed by atoms with E-state index in [0.29, 0.717) is 50.7 Å². The lowest BCUT2D eigenvalue weighted by atomic mass is 9.73. The quantitative estimate of drug-likeness (QED) is 0.497. The van der Waals surface area contributed by atoms with E-state index in [2.05, 4.69) is 21.4 Å². The normalized spacial score (nSPS) is 24.9. The van der Waals surface area contributed by atoms with Crippen molar-refractivity contribution in [3.8, 4) is 5.75 Å². The van der Waals surface area contributed by atoms with Crippen LogP contribution in [0.25, 0.3) is 10.9 Å². The molecule has 1 aliphatic carbocycles. The van der Waals surface area contributed by atoms with Crippen molar-refractivity contribution in [3.63, 3.8) is 0 Å². The first-order valence-electron chi connectivity index (χ1n) is 13.0. The van der Waals surface area contributed by atoms with Crippen LogP contribution in [0.4, 0.5) is 18.9 Å². The smallest absolute Gasteiger partial charge is 0.418 e. The van der Waals surface area contributed by atoms with Gasteiger partial charge in [-0.3, -0.25) is 14.4 Å². The van der Waals surface area contributed by atoms with E-state index in [1.165, 1.54) is 4.68 Å². The summed E-state index contributed by atoms with van der Waals surface area (Å²) in [5.74, 6) is 0.200. The average molecular weight is 529 g/mol. The molecule has 1 saturated carbocycles. The van der Waals surface area contributed by atoms with Gasteiger partial charge in [-0.2, -0.15) is 18.3 Å². The van der Waals surface area contributed by atoms with E-state index in [-0.39, 0.29) is 29.8 Å². The van der Waals surface area contributed by atoms with Crippen molar-refractivity contribution < 1.29 is 27.8 Å². The standard InChI is InChI=1S/C28H31F3N4O3/c1-17-3-4-23-21(11-17)27(25(36)32-23)5-7-34(8-6-27)9-10-38-20-12-18-16-35(19-14-26(2,37)15-19)33-24(18)22(13-20)28(29,30)31/h3-4,11-13,16,19,37H,5-10,14-15H2,1-2H3,(H,32,36). The van der Waals surface area contributed by atoms with Crippen LogP contribution in [0, 0.1) is 6.92 Å². The largest absolute Gasteiger partial charge is 0.492 e. The number of aryl methyl sites for hydroxylation is 1. The van der Waals surface area contributed by atoms with Gasteiger partial charge in [0, 0.05) is 23.8 Å². The molecule has 1 amide bonds. The first-order valence-corrected chi connectivity index (χ1v) is 13.0. The van der Waals surface area contributed by atoms with E-state index in [9.17, 15) is 23.1 Å². The minimum absolute atomic E-state index is 0.0491. The van der Waals surface area contributed by atoms with Crippen molar-refractivity contribution in [2.24, 2.45) is 0 Å². The molecule has 7 nitrogen and oxygen atoms in total. The number of anilines is 1. The molecule has 3 aliphatic rings. The summed E-state index contributed by atoms with van der Waals surface area (Å²) in [5.41, 5.74) is 0.827. The number of hydrogen-bond acceptors (Lipinski definition) is 5. The van der Waals surface area contributed by atoms with Crippen LogP contribution in [-0.2, 0) is 16.4 Å². The summed E-state index contributed by atoms with van der Waals surface area (Å²) in [6.07, 6.45) is -0.683. The second-order valence-corrected chi connectivity index (χ2v) is 11.3. The number of likely N-dealkylation sites (tertiary alicyclic amines) is 1. The Hall–Kier alpha value is -3.11. The van der Waals surface area contributed by atoms with Crippen LogP contribution < -0.4 is 10.1 Å². The van der Waals surface area contributed by atoms with E-state index in [1.54, 1.807) is 19.2 Å². The van der Waals surface area contributed by atoms with Gasteiger partial charge in [-0.25, -0.2) is 0 Å². The summed E-state index contributed by atoms with van der Waals surface area (Å²) in [5, 5.41) is 17.6. The molecule has 6 rings (SSSR count). The molecule has 3 aromatic rings. The van der Waals surface area contributed by atoms with E-state index >= 15 is 0 Å². The van der Waals surface area contributed by atoms with E-state index in [0.717, 1.165) is 22.9 Å². The Morgan fingerprint density at radius 1 is 1.18 bits per heavy atom. The number of piperidine rings is 1. The summed E-state index contributed by atoms with van der Waals surface area (Å²) in [7, 11) is 0. The summed E-state index contributed by atoms with van der Waals surface area (Å²) in [4.78, 5) is 15.1. The fourth-order valence-electron chi connectivity index (χ4n) is 6.23. The van der Waals surface area contributed by atoms with Crippen molar-refractivity contribution in [2.45, 2.75) is 62.8 Å². The van der Waals surface area contributed by atoms with Gasteiger partial charge >= 0.3 is 6.18 Å². The number of aromatic nitrogens is 2. The number of aliphatic hydroxyl groups is 1. The number of nitrogens with one attached hydrogen (secondary N) is 1. The third-order valence-electron chi connectivity index (χ3n) is 8.39. The number of rotatable bonds is 5. The third kappa shape index (κ3) is 4.33. The predicted molar refractivity (Wildman–Crippen MR) is 136 cm³/mol. The monoisotopic (exact) mass is 528 g/mol. The lowest BCUT2D eigenvalue weighted by Crippen LogP contribution is -2.47. The molecule has 1 saturated heterocycles. The summed E-state index contributed by atoms with van der Waals surface area (Å²) in [6, 6.07) is 8.54. The molecular weight excluding hydrogens is 497 g/mol. The topological polar surface area (TPSA) is 79.6 Å². The molecule has 3 heterocycles. The van der Waals surface area contributed by atoms with Gasteiger partial charge in [0.05, 0.1) is 22.6 Å².